The van der Waals surface area contributed by atoms with Crippen molar-refractivity contribution in [3.8, 4) is 0 Å². The van der Waals surface area contributed by atoms with Crippen molar-refractivity contribution in [3.63, 3.8) is 0 Å². The number of halogens is 2. The molecule has 0 aliphatic heterocycles. The molecule has 0 saturated heterocycles. The Kier molecular flexibility index (Phi) is 2.51. The number of aliphatic hydroxyl groups excluding tert-OH is 1. The van der Waals surface area contributed by atoms with Crippen LogP contribution in [-0.2, 0) is 0 Å². The highest BCUT2D eigenvalue weighted by molar-refractivity contribution is 9.25. The number of hydrogen-bond acceptors (Lipinski definition) is 1. The van der Waals surface area contributed by atoms with Gasteiger partial charge in [-0.05, 0) is 5.56 Å². The molecule has 1 nitrogen and oxygen atoms in total. The molecule has 13 heavy (non-hydrogen) atoms. The van der Waals surface area contributed by atoms with E-state index in [1.165, 1.54) is 5.56 Å². The Morgan fingerprint density at radius 1 is 1.23 bits per heavy atom. The molecular weight excluding hydrogens is 296 g/mol. The van der Waals surface area contributed by atoms with Gasteiger partial charge in [-0.2, -0.15) is 0 Å². The van der Waals surface area contributed by atoms with Gasteiger partial charge in [0.2, 0.25) is 0 Å². The first-order chi connectivity index (χ1) is 6.18. The number of rotatable bonds is 2. The summed E-state index contributed by atoms with van der Waals surface area (Å²) < 4.78 is -0.0872. The van der Waals surface area contributed by atoms with Crippen molar-refractivity contribution in [2.24, 2.45) is 5.92 Å². The largest absolute Gasteiger partial charge is 0.396 e. The molecule has 1 N–H and O–H groups in total. The first-order valence-corrected chi connectivity index (χ1v) is 5.80. The Labute approximate surface area is 94.4 Å². The van der Waals surface area contributed by atoms with Gasteiger partial charge in [0.25, 0.3) is 0 Å². The third-order valence-corrected chi connectivity index (χ3v) is 4.72. The van der Waals surface area contributed by atoms with Crippen LogP contribution in [0.15, 0.2) is 30.3 Å². The molecule has 2 atom stereocenters. The highest BCUT2D eigenvalue weighted by Gasteiger charge is 2.61. The van der Waals surface area contributed by atoms with Crippen molar-refractivity contribution in [1.29, 1.82) is 0 Å². The maximum absolute atomic E-state index is 9.11. The van der Waals surface area contributed by atoms with Crippen LogP contribution in [0.3, 0.4) is 0 Å². The lowest BCUT2D eigenvalue weighted by atomic mass is 10.1. The Hall–Kier alpha value is 0.140. The summed E-state index contributed by atoms with van der Waals surface area (Å²) >= 11 is 7.15. The van der Waals surface area contributed by atoms with Gasteiger partial charge in [-0.15, -0.1) is 0 Å². The van der Waals surface area contributed by atoms with Crippen LogP contribution in [0.2, 0.25) is 0 Å². The maximum Gasteiger partial charge on any atom is 0.0934 e. The summed E-state index contributed by atoms with van der Waals surface area (Å²) in [6.45, 7) is 0.218. The normalized spacial score (nSPS) is 30.1. The molecule has 2 unspecified atom stereocenters. The quantitative estimate of drug-likeness (QED) is 0.833. The van der Waals surface area contributed by atoms with E-state index in [4.69, 9.17) is 5.11 Å². The summed E-state index contributed by atoms with van der Waals surface area (Å²) in [7, 11) is 0. The van der Waals surface area contributed by atoms with Gasteiger partial charge in [-0.25, -0.2) is 0 Å². The highest BCUT2D eigenvalue weighted by atomic mass is 79.9. The fraction of sp³-hybridized carbons (Fsp3) is 0.400. The van der Waals surface area contributed by atoms with E-state index >= 15 is 0 Å². The molecule has 0 amide bonds. The number of alkyl halides is 2. The second kappa shape index (κ2) is 3.37. The topological polar surface area (TPSA) is 20.2 Å². The molecule has 1 aromatic carbocycles. The van der Waals surface area contributed by atoms with E-state index < -0.39 is 0 Å². The van der Waals surface area contributed by atoms with Crippen LogP contribution in [0.1, 0.15) is 11.5 Å². The molecular formula is C10H10Br2O. The van der Waals surface area contributed by atoms with Gasteiger partial charge < -0.3 is 5.11 Å². The van der Waals surface area contributed by atoms with E-state index in [0.717, 1.165) is 0 Å². The SMILES string of the molecule is OCC1C(c2ccccc2)C1(Br)Br. The minimum absolute atomic E-state index is 0.0872. The Balaban J connectivity index is 2.22. The molecule has 1 aliphatic carbocycles. The van der Waals surface area contributed by atoms with Gasteiger partial charge in [-0.1, -0.05) is 62.2 Å². The van der Waals surface area contributed by atoms with E-state index in [1.54, 1.807) is 0 Å². The van der Waals surface area contributed by atoms with E-state index in [1.807, 2.05) is 18.2 Å². The maximum atomic E-state index is 9.11. The average molecular weight is 306 g/mol. The first kappa shape index (κ1) is 9.69. The molecule has 0 heterocycles. The smallest absolute Gasteiger partial charge is 0.0934 e. The predicted molar refractivity (Wildman–Crippen MR) is 60.3 cm³/mol. The zero-order valence-corrected chi connectivity index (χ0v) is 10.1. The van der Waals surface area contributed by atoms with Crippen LogP contribution in [-0.4, -0.2) is 14.9 Å². The fourth-order valence-electron chi connectivity index (χ4n) is 1.73. The van der Waals surface area contributed by atoms with Crippen LogP contribution in [0.5, 0.6) is 0 Å². The van der Waals surface area contributed by atoms with Crippen molar-refractivity contribution >= 4 is 31.9 Å². The fourth-order valence-corrected chi connectivity index (χ4v) is 3.45. The summed E-state index contributed by atoms with van der Waals surface area (Å²) in [5, 5.41) is 9.11. The Morgan fingerprint density at radius 2 is 1.85 bits per heavy atom. The monoisotopic (exact) mass is 304 g/mol. The summed E-state index contributed by atoms with van der Waals surface area (Å²) in [6, 6.07) is 10.2. The zero-order valence-electron chi connectivity index (χ0n) is 6.95. The second-order valence-corrected chi connectivity index (χ2v) is 7.04. The first-order valence-electron chi connectivity index (χ1n) is 4.21. The molecule has 0 radical (unpaired) electrons. The average Bonchev–Trinajstić information content (AvgIpc) is 2.69. The lowest BCUT2D eigenvalue weighted by molar-refractivity contribution is 0.274. The Morgan fingerprint density at radius 3 is 2.31 bits per heavy atom. The van der Waals surface area contributed by atoms with Crippen LogP contribution in [0.25, 0.3) is 0 Å². The predicted octanol–water partition coefficient (Wildman–Crippen LogP) is 2.88. The van der Waals surface area contributed by atoms with E-state index in [-0.39, 0.29) is 15.8 Å². The van der Waals surface area contributed by atoms with Crippen LogP contribution in [0.4, 0.5) is 0 Å². The summed E-state index contributed by atoms with van der Waals surface area (Å²) in [6.07, 6.45) is 0. The number of hydrogen-bond donors (Lipinski definition) is 1. The van der Waals surface area contributed by atoms with E-state index in [2.05, 4.69) is 44.0 Å². The van der Waals surface area contributed by atoms with Gasteiger partial charge in [0, 0.05) is 18.4 Å². The molecule has 1 fully saturated rings. The minimum Gasteiger partial charge on any atom is -0.396 e. The lowest BCUT2D eigenvalue weighted by Crippen LogP contribution is -1.92. The summed E-state index contributed by atoms with van der Waals surface area (Å²) in [4.78, 5) is 0. The molecule has 70 valence electrons. The molecule has 0 bridgehead atoms. The van der Waals surface area contributed by atoms with E-state index in [9.17, 15) is 0 Å². The van der Waals surface area contributed by atoms with Crippen molar-refractivity contribution in [2.45, 2.75) is 9.15 Å². The highest BCUT2D eigenvalue weighted by Crippen LogP contribution is 2.66. The third kappa shape index (κ3) is 1.58. The molecule has 3 heteroatoms. The van der Waals surface area contributed by atoms with Gasteiger partial charge in [0.15, 0.2) is 0 Å². The minimum atomic E-state index is -0.0872. The van der Waals surface area contributed by atoms with Crippen LogP contribution in [0, 0.1) is 5.92 Å². The van der Waals surface area contributed by atoms with Crippen molar-refractivity contribution < 1.29 is 5.11 Å². The van der Waals surface area contributed by atoms with Gasteiger partial charge >= 0.3 is 0 Å². The van der Waals surface area contributed by atoms with Crippen molar-refractivity contribution in [2.75, 3.05) is 6.61 Å². The Bertz CT molecular complexity index is 297. The number of aliphatic hydroxyl groups is 1. The van der Waals surface area contributed by atoms with Gasteiger partial charge in [-0.3, -0.25) is 0 Å². The van der Waals surface area contributed by atoms with Crippen LogP contribution < -0.4 is 0 Å². The van der Waals surface area contributed by atoms with E-state index in [0.29, 0.717) is 5.92 Å². The molecule has 2 rings (SSSR count). The van der Waals surface area contributed by atoms with Gasteiger partial charge in [0.1, 0.15) is 0 Å². The molecule has 1 aliphatic rings. The summed E-state index contributed by atoms with van der Waals surface area (Å²) in [5.74, 6) is 0.675. The van der Waals surface area contributed by atoms with Crippen molar-refractivity contribution in [1.82, 2.24) is 0 Å². The van der Waals surface area contributed by atoms with Crippen molar-refractivity contribution in [3.05, 3.63) is 35.9 Å². The molecule has 1 aromatic rings. The third-order valence-electron chi connectivity index (χ3n) is 2.56. The number of benzene rings is 1. The summed E-state index contributed by atoms with van der Waals surface area (Å²) in [5.41, 5.74) is 1.27. The molecule has 0 aromatic heterocycles. The second-order valence-electron chi connectivity index (χ2n) is 3.35. The zero-order chi connectivity index (χ0) is 9.47. The molecule has 1 saturated carbocycles. The molecule has 0 spiro atoms. The van der Waals surface area contributed by atoms with Crippen LogP contribution >= 0.6 is 31.9 Å². The van der Waals surface area contributed by atoms with Gasteiger partial charge in [0.05, 0.1) is 3.23 Å². The lowest BCUT2D eigenvalue weighted by Gasteiger charge is -1.98. The standard InChI is InChI=1S/C10H10Br2O/c11-10(12)8(6-13)9(10)7-4-2-1-3-5-7/h1-5,8-9,13H,6H2.